The highest BCUT2D eigenvalue weighted by atomic mass is 16.5. The minimum absolute atomic E-state index is 0.0132. The van der Waals surface area contributed by atoms with Crippen molar-refractivity contribution in [1.82, 2.24) is 15.1 Å². The summed E-state index contributed by atoms with van der Waals surface area (Å²) in [5.41, 5.74) is 1.29. The first kappa shape index (κ1) is 16.9. The zero-order chi connectivity index (χ0) is 16.8. The molecule has 2 saturated heterocycles. The SMILES string of the molecule is O=C(NCC(=O)N1CCN(Cc2ccccc2)CC1)C1CCCO1. The van der Waals surface area contributed by atoms with E-state index in [2.05, 4.69) is 22.3 Å². The summed E-state index contributed by atoms with van der Waals surface area (Å²) in [5.74, 6) is -0.177. The molecule has 6 heteroatoms. The Hall–Kier alpha value is -1.92. The lowest BCUT2D eigenvalue weighted by Gasteiger charge is -2.34. The monoisotopic (exact) mass is 331 g/mol. The Kier molecular flexibility index (Phi) is 5.82. The van der Waals surface area contributed by atoms with E-state index in [9.17, 15) is 9.59 Å². The van der Waals surface area contributed by atoms with Gasteiger partial charge in [0.15, 0.2) is 0 Å². The molecule has 1 aromatic rings. The lowest BCUT2D eigenvalue weighted by atomic mass is 10.2. The number of hydrogen-bond acceptors (Lipinski definition) is 4. The lowest BCUT2D eigenvalue weighted by Crippen LogP contribution is -2.51. The Morgan fingerprint density at radius 1 is 1.12 bits per heavy atom. The van der Waals surface area contributed by atoms with Crippen molar-refractivity contribution in [2.45, 2.75) is 25.5 Å². The van der Waals surface area contributed by atoms with Crippen molar-refractivity contribution < 1.29 is 14.3 Å². The van der Waals surface area contributed by atoms with Gasteiger partial charge in [-0.1, -0.05) is 30.3 Å². The van der Waals surface area contributed by atoms with E-state index < -0.39 is 0 Å². The first-order chi connectivity index (χ1) is 11.7. The topological polar surface area (TPSA) is 61.9 Å². The molecule has 2 heterocycles. The predicted molar refractivity (Wildman–Crippen MR) is 90.3 cm³/mol. The average Bonchev–Trinajstić information content (AvgIpc) is 3.16. The van der Waals surface area contributed by atoms with Crippen LogP contribution in [0, 0.1) is 0 Å². The Bertz CT molecular complexity index is 550. The molecule has 0 saturated carbocycles. The molecule has 0 aromatic heterocycles. The van der Waals surface area contributed by atoms with Gasteiger partial charge in [0.2, 0.25) is 11.8 Å². The Labute approximate surface area is 142 Å². The fourth-order valence-electron chi connectivity index (χ4n) is 3.17. The summed E-state index contributed by atoms with van der Waals surface area (Å²) in [5, 5.41) is 2.70. The largest absolute Gasteiger partial charge is 0.368 e. The third-order valence-corrected chi connectivity index (χ3v) is 4.61. The number of benzene rings is 1. The Morgan fingerprint density at radius 3 is 2.54 bits per heavy atom. The normalized spacial score (nSPS) is 21.7. The van der Waals surface area contributed by atoms with Gasteiger partial charge >= 0.3 is 0 Å². The van der Waals surface area contributed by atoms with Crippen LogP contribution in [0.25, 0.3) is 0 Å². The molecule has 2 amide bonds. The molecule has 2 aliphatic heterocycles. The number of rotatable bonds is 5. The molecular formula is C18H25N3O3. The molecule has 0 aliphatic carbocycles. The molecule has 3 rings (SSSR count). The predicted octanol–water partition coefficient (Wildman–Crippen LogP) is 0.626. The molecule has 1 unspecified atom stereocenters. The maximum atomic E-state index is 12.2. The number of piperazine rings is 1. The summed E-state index contributed by atoms with van der Waals surface area (Å²) < 4.78 is 5.32. The van der Waals surface area contributed by atoms with Crippen LogP contribution in [-0.4, -0.2) is 67.0 Å². The molecule has 0 radical (unpaired) electrons. The van der Waals surface area contributed by atoms with Crippen LogP contribution in [0.3, 0.4) is 0 Å². The van der Waals surface area contributed by atoms with Gasteiger partial charge in [-0.15, -0.1) is 0 Å². The molecule has 130 valence electrons. The molecule has 6 nitrogen and oxygen atoms in total. The van der Waals surface area contributed by atoms with Crippen LogP contribution in [0.5, 0.6) is 0 Å². The smallest absolute Gasteiger partial charge is 0.249 e. The number of carbonyl (C=O) groups is 2. The highest BCUT2D eigenvalue weighted by Gasteiger charge is 2.25. The molecule has 0 spiro atoms. The van der Waals surface area contributed by atoms with Gasteiger partial charge in [0, 0.05) is 39.3 Å². The summed E-state index contributed by atoms with van der Waals surface area (Å²) in [6, 6.07) is 10.4. The summed E-state index contributed by atoms with van der Waals surface area (Å²) in [7, 11) is 0. The maximum absolute atomic E-state index is 12.2. The van der Waals surface area contributed by atoms with Crippen molar-refractivity contribution in [3.05, 3.63) is 35.9 Å². The second-order valence-corrected chi connectivity index (χ2v) is 6.36. The van der Waals surface area contributed by atoms with E-state index in [4.69, 9.17) is 4.74 Å². The molecule has 24 heavy (non-hydrogen) atoms. The van der Waals surface area contributed by atoms with Crippen molar-refractivity contribution >= 4 is 11.8 Å². The third kappa shape index (κ3) is 4.55. The van der Waals surface area contributed by atoms with Gasteiger partial charge in [0.1, 0.15) is 6.10 Å². The maximum Gasteiger partial charge on any atom is 0.249 e. The van der Waals surface area contributed by atoms with Crippen LogP contribution in [-0.2, 0) is 20.9 Å². The summed E-state index contributed by atoms with van der Waals surface area (Å²) >= 11 is 0. The van der Waals surface area contributed by atoms with E-state index in [0.29, 0.717) is 19.7 Å². The molecular weight excluding hydrogens is 306 g/mol. The van der Waals surface area contributed by atoms with E-state index in [1.54, 1.807) is 0 Å². The van der Waals surface area contributed by atoms with Crippen LogP contribution in [0.15, 0.2) is 30.3 Å². The molecule has 1 aromatic carbocycles. The molecule has 1 N–H and O–H groups in total. The van der Waals surface area contributed by atoms with Crippen molar-refractivity contribution in [2.24, 2.45) is 0 Å². The Balaban J connectivity index is 1.38. The van der Waals surface area contributed by atoms with E-state index in [-0.39, 0.29) is 24.5 Å². The van der Waals surface area contributed by atoms with Gasteiger partial charge in [-0.2, -0.15) is 0 Å². The second kappa shape index (κ2) is 8.26. The third-order valence-electron chi connectivity index (χ3n) is 4.61. The minimum Gasteiger partial charge on any atom is -0.368 e. The highest BCUT2D eigenvalue weighted by molar-refractivity contribution is 5.87. The molecule has 2 aliphatic rings. The standard InChI is InChI=1S/C18H25N3O3/c22-17(13-19-18(23)16-7-4-12-24-16)21-10-8-20(9-11-21)14-15-5-2-1-3-6-15/h1-3,5-6,16H,4,7-14H2,(H,19,23). The van der Waals surface area contributed by atoms with Gasteiger partial charge in [0.05, 0.1) is 6.54 Å². The van der Waals surface area contributed by atoms with Crippen molar-refractivity contribution in [3.63, 3.8) is 0 Å². The van der Waals surface area contributed by atoms with Gasteiger partial charge in [0.25, 0.3) is 0 Å². The summed E-state index contributed by atoms with van der Waals surface area (Å²) in [4.78, 5) is 28.3. The van der Waals surface area contributed by atoms with E-state index in [1.165, 1.54) is 5.56 Å². The van der Waals surface area contributed by atoms with E-state index >= 15 is 0 Å². The quantitative estimate of drug-likeness (QED) is 0.859. The number of hydrogen-bond donors (Lipinski definition) is 1. The van der Waals surface area contributed by atoms with Gasteiger partial charge in [-0.05, 0) is 18.4 Å². The molecule has 1 atom stereocenters. The second-order valence-electron chi connectivity index (χ2n) is 6.36. The van der Waals surface area contributed by atoms with Crippen molar-refractivity contribution in [2.75, 3.05) is 39.3 Å². The zero-order valence-corrected chi connectivity index (χ0v) is 13.9. The zero-order valence-electron chi connectivity index (χ0n) is 13.9. The van der Waals surface area contributed by atoms with Crippen molar-refractivity contribution in [3.8, 4) is 0 Å². The van der Waals surface area contributed by atoms with Crippen LogP contribution in [0.1, 0.15) is 18.4 Å². The Morgan fingerprint density at radius 2 is 1.88 bits per heavy atom. The van der Waals surface area contributed by atoms with Gasteiger partial charge in [-0.25, -0.2) is 0 Å². The summed E-state index contributed by atoms with van der Waals surface area (Å²) in [6.07, 6.45) is 1.29. The fourth-order valence-corrected chi connectivity index (χ4v) is 3.17. The molecule has 2 fully saturated rings. The fraction of sp³-hybridized carbons (Fsp3) is 0.556. The van der Waals surface area contributed by atoms with Gasteiger partial charge in [-0.3, -0.25) is 14.5 Å². The number of amides is 2. The number of ether oxygens (including phenoxy) is 1. The average molecular weight is 331 g/mol. The van der Waals surface area contributed by atoms with Gasteiger partial charge < -0.3 is 15.0 Å². The van der Waals surface area contributed by atoms with E-state index in [1.807, 2.05) is 23.1 Å². The number of carbonyl (C=O) groups excluding carboxylic acids is 2. The van der Waals surface area contributed by atoms with Crippen LogP contribution in [0.2, 0.25) is 0 Å². The first-order valence-corrected chi connectivity index (χ1v) is 8.66. The van der Waals surface area contributed by atoms with Crippen LogP contribution >= 0.6 is 0 Å². The van der Waals surface area contributed by atoms with Crippen LogP contribution in [0.4, 0.5) is 0 Å². The van der Waals surface area contributed by atoms with Crippen LogP contribution < -0.4 is 5.32 Å². The number of nitrogens with zero attached hydrogens (tertiary/aromatic N) is 2. The van der Waals surface area contributed by atoms with E-state index in [0.717, 1.165) is 32.5 Å². The first-order valence-electron chi connectivity index (χ1n) is 8.66. The summed E-state index contributed by atoms with van der Waals surface area (Å²) in [6.45, 7) is 4.76. The highest BCUT2D eigenvalue weighted by Crippen LogP contribution is 2.12. The molecule has 0 bridgehead atoms. The minimum atomic E-state index is -0.375. The number of nitrogens with one attached hydrogen (secondary N) is 1. The van der Waals surface area contributed by atoms with Crippen molar-refractivity contribution in [1.29, 1.82) is 0 Å². The lowest BCUT2D eigenvalue weighted by molar-refractivity contribution is -0.137.